The Kier molecular flexibility index (Phi) is 4.55. The maximum absolute atomic E-state index is 6.17. The van der Waals surface area contributed by atoms with Crippen molar-refractivity contribution in [1.29, 1.82) is 0 Å². The molecule has 0 aliphatic carbocycles. The number of nitrogens with one attached hydrogen (secondary N) is 1. The van der Waals surface area contributed by atoms with Gasteiger partial charge in [-0.25, -0.2) is 9.97 Å². The largest absolute Gasteiger partial charge is 0.473 e. The van der Waals surface area contributed by atoms with Gasteiger partial charge >= 0.3 is 0 Å². The van der Waals surface area contributed by atoms with Crippen LogP contribution in [0.3, 0.4) is 0 Å². The number of benzene rings is 1. The van der Waals surface area contributed by atoms with Crippen LogP contribution in [0.25, 0.3) is 10.9 Å². The van der Waals surface area contributed by atoms with Crippen molar-refractivity contribution in [3.05, 3.63) is 47.5 Å². The highest BCUT2D eigenvalue weighted by atomic mass is 32.1. The summed E-state index contributed by atoms with van der Waals surface area (Å²) in [5.41, 5.74) is 0.979. The minimum absolute atomic E-state index is 0.181. The number of fused-ring (bicyclic) bond motifs is 1. The lowest BCUT2D eigenvalue weighted by Gasteiger charge is -2.19. The minimum atomic E-state index is 0.181. The smallest absolute Gasteiger partial charge is 0.214 e. The van der Waals surface area contributed by atoms with Crippen LogP contribution in [0.1, 0.15) is 18.2 Å². The summed E-state index contributed by atoms with van der Waals surface area (Å²) in [5, 5.41) is 5.20. The first-order valence-corrected chi connectivity index (χ1v) is 9.42. The molecule has 1 fully saturated rings. The van der Waals surface area contributed by atoms with Crippen LogP contribution in [0.5, 0.6) is 5.88 Å². The van der Waals surface area contributed by atoms with Crippen molar-refractivity contribution < 1.29 is 4.74 Å². The van der Waals surface area contributed by atoms with E-state index in [1.54, 1.807) is 11.3 Å². The normalized spacial score (nSPS) is 20.9. The molecule has 0 amide bonds. The molecular weight excluding hydrogens is 332 g/mol. The van der Waals surface area contributed by atoms with E-state index in [1.807, 2.05) is 37.5 Å². The van der Waals surface area contributed by atoms with E-state index in [4.69, 9.17) is 4.74 Å². The zero-order valence-electron chi connectivity index (χ0n) is 14.5. The molecule has 1 N–H and O–H groups in total. The van der Waals surface area contributed by atoms with E-state index < -0.39 is 0 Å². The fourth-order valence-corrected chi connectivity index (χ4v) is 4.12. The van der Waals surface area contributed by atoms with E-state index in [2.05, 4.69) is 39.2 Å². The number of thiazole rings is 1. The number of hydrogen-bond donors (Lipinski definition) is 1. The highest BCUT2D eigenvalue weighted by Gasteiger charge is 2.31. The molecule has 1 aliphatic heterocycles. The summed E-state index contributed by atoms with van der Waals surface area (Å²) in [6.07, 6.45) is 3.16. The summed E-state index contributed by atoms with van der Waals surface area (Å²) < 4.78 is 6.17. The second-order valence-electron chi connectivity index (χ2n) is 6.48. The Morgan fingerprint density at radius 1 is 1.28 bits per heavy atom. The van der Waals surface area contributed by atoms with Crippen molar-refractivity contribution in [3.8, 4) is 5.88 Å². The summed E-state index contributed by atoms with van der Waals surface area (Å²) in [4.78, 5) is 12.7. The second kappa shape index (κ2) is 6.98. The summed E-state index contributed by atoms with van der Waals surface area (Å²) in [7, 11) is 1.90. The maximum atomic E-state index is 6.17. The van der Waals surface area contributed by atoms with E-state index in [9.17, 15) is 0 Å². The van der Waals surface area contributed by atoms with E-state index in [0.717, 1.165) is 35.5 Å². The first-order valence-electron chi connectivity index (χ1n) is 8.60. The zero-order chi connectivity index (χ0) is 17.2. The van der Waals surface area contributed by atoms with Crippen LogP contribution in [0.15, 0.2) is 42.6 Å². The van der Waals surface area contributed by atoms with Crippen LogP contribution in [-0.2, 0) is 6.54 Å². The van der Waals surface area contributed by atoms with Gasteiger partial charge < -0.3 is 10.1 Å². The molecule has 1 aromatic carbocycles. The average Bonchev–Trinajstić information content (AvgIpc) is 3.22. The zero-order valence-corrected chi connectivity index (χ0v) is 15.3. The Balaban J connectivity index is 1.41. The molecule has 1 saturated heterocycles. The van der Waals surface area contributed by atoms with Crippen molar-refractivity contribution >= 4 is 27.4 Å². The predicted octanol–water partition coefficient (Wildman–Crippen LogP) is 3.77. The lowest BCUT2D eigenvalue weighted by atomic mass is 10.2. The van der Waals surface area contributed by atoms with Crippen molar-refractivity contribution in [2.45, 2.75) is 32.0 Å². The van der Waals surface area contributed by atoms with Crippen LogP contribution < -0.4 is 10.1 Å². The van der Waals surface area contributed by atoms with E-state index in [0.29, 0.717) is 11.9 Å². The van der Waals surface area contributed by atoms with Crippen LogP contribution in [0, 0.1) is 0 Å². The molecule has 2 unspecified atom stereocenters. The van der Waals surface area contributed by atoms with Crippen molar-refractivity contribution in [3.63, 3.8) is 0 Å². The molecule has 0 radical (unpaired) electrons. The van der Waals surface area contributed by atoms with Crippen molar-refractivity contribution in [1.82, 2.24) is 14.9 Å². The monoisotopic (exact) mass is 354 g/mol. The maximum Gasteiger partial charge on any atom is 0.214 e. The molecule has 25 heavy (non-hydrogen) atoms. The summed E-state index contributed by atoms with van der Waals surface area (Å²) >= 11 is 1.71. The van der Waals surface area contributed by atoms with Gasteiger partial charge in [0.15, 0.2) is 5.13 Å². The summed E-state index contributed by atoms with van der Waals surface area (Å²) in [6, 6.07) is 12.7. The molecule has 0 bridgehead atoms. The van der Waals surface area contributed by atoms with Gasteiger partial charge in [0.05, 0.1) is 5.52 Å². The number of pyridine rings is 1. The number of likely N-dealkylation sites (tertiary alicyclic amines) is 1. The molecule has 3 aromatic rings. The third-order valence-corrected chi connectivity index (χ3v) is 5.65. The van der Waals surface area contributed by atoms with Crippen LogP contribution in [0.4, 0.5) is 5.13 Å². The van der Waals surface area contributed by atoms with Gasteiger partial charge in [0.2, 0.25) is 5.88 Å². The molecule has 0 saturated carbocycles. The van der Waals surface area contributed by atoms with Gasteiger partial charge in [-0.2, -0.15) is 0 Å². The van der Waals surface area contributed by atoms with Gasteiger partial charge in [-0.1, -0.05) is 18.2 Å². The Morgan fingerprint density at radius 3 is 3.00 bits per heavy atom. The van der Waals surface area contributed by atoms with Gasteiger partial charge in [-0.3, -0.25) is 4.90 Å². The first kappa shape index (κ1) is 16.3. The Bertz CT molecular complexity index is 865. The quantitative estimate of drug-likeness (QED) is 0.756. The summed E-state index contributed by atoms with van der Waals surface area (Å²) in [6.45, 7) is 4.10. The molecule has 6 heteroatoms. The van der Waals surface area contributed by atoms with Crippen LogP contribution in [-0.4, -0.2) is 40.6 Å². The fraction of sp³-hybridized carbons (Fsp3) is 0.368. The highest BCUT2D eigenvalue weighted by molar-refractivity contribution is 7.15. The Morgan fingerprint density at radius 2 is 2.16 bits per heavy atom. The van der Waals surface area contributed by atoms with Gasteiger partial charge in [-0.05, 0) is 19.1 Å². The van der Waals surface area contributed by atoms with E-state index in [1.165, 1.54) is 4.88 Å². The Labute approximate surface area is 151 Å². The van der Waals surface area contributed by atoms with Crippen molar-refractivity contribution in [2.24, 2.45) is 0 Å². The molecule has 2 atom stereocenters. The lowest BCUT2D eigenvalue weighted by molar-refractivity contribution is 0.189. The number of hydrogen-bond acceptors (Lipinski definition) is 6. The average molecular weight is 354 g/mol. The number of aromatic nitrogens is 2. The van der Waals surface area contributed by atoms with E-state index in [-0.39, 0.29) is 6.10 Å². The summed E-state index contributed by atoms with van der Waals surface area (Å²) in [5.74, 6) is 0.716. The molecule has 0 spiro atoms. The molecule has 4 rings (SSSR count). The molecular formula is C19H22N4OS. The minimum Gasteiger partial charge on any atom is -0.473 e. The van der Waals surface area contributed by atoms with Gasteiger partial charge in [0, 0.05) is 55.1 Å². The predicted molar refractivity (Wildman–Crippen MR) is 102 cm³/mol. The molecule has 1 aliphatic rings. The SMILES string of the molecule is CNc1ncc(CN2CC(Oc3ccc4ccccc4n3)CC2C)s1. The fourth-order valence-electron chi connectivity index (χ4n) is 3.33. The molecule has 5 nitrogen and oxygen atoms in total. The number of para-hydroxylation sites is 1. The first-order chi connectivity index (χ1) is 12.2. The van der Waals surface area contributed by atoms with Crippen LogP contribution in [0.2, 0.25) is 0 Å². The number of nitrogens with zero attached hydrogens (tertiary/aromatic N) is 3. The van der Waals surface area contributed by atoms with Crippen LogP contribution >= 0.6 is 11.3 Å². The van der Waals surface area contributed by atoms with Gasteiger partial charge in [0.1, 0.15) is 6.10 Å². The van der Waals surface area contributed by atoms with Gasteiger partial charge in [-0.15, -0.1) is 11.3 Å². The lowest BCUT2D eigenvalue weighted by Crippen LogP contribution is -2.27. The Hall–Kier alpha value is -2.18. The standard InChI is InChI=1S/C19H22N4OS/c1-13-9-15(11-23(13)12-16-10-21-19(20-2)25-16)24-18-8-7-14-5-3-4-6-17(14)22-18/h3-8,10,13,15H,9,11-12H2,1-2H3,(H,20,21). The molecule has 2 aromatic heterocycles. The third kappa shape index (κ3) is 3.60. The van der Waals surface area contributed by atoms with Crippen molar-refractivity contribution in [2.75, 3.05) is 18.9 Å². The highest BCUT2D eigenvalue weighted by Crippen LogP contribution is 2.27. The van der Waals surface area contributed by atoms with Gasteiger partial charge in [0.25, 0.3) is 0 Å². The number of rotatable bonds is 5. The molecule has 3 heterocycles. The van der Waals surface area contributed by atoms with E-state index >= 15 is 0 Å². The third-order valence-electron chi connectivity index (χ3n) is 4.65. The topological polar surface area (TPSA) is 50.3 Å². The molecule has 130 valence electrons. The number of anilines is 1. The number of ether oxygens (including phenoxy) is 1. The second-order valence-corrected chi connectivity index (χ2v) is 7.59.